The molecule has 1 saturated heterocycles. The standard InChI is InChI=1S/C26H25N5O2/c1-17-3-2-4-23(29-17)25-22(16-28-31-25)20-9-12-27-24(15-20)18-5-7-19(8-6-18)26(32)30-21-10-13-33-14-11-21/h2-9,12,15-16,21H,10-11,13-14H2,1H3,(H,28,31)(H,30,32). The van der Waals surface area contributed by atoms with E-state index in [0.717, 1.165) is 52.3 Å². The number of hydrogen-bond acceptors (Lipinski definition) is 5. The van der Waals surface area contributed by atoms with Gasteiger partial charge in [0.05, 0.1) is 23.3 Å². The Morgan fingerprint density at radius 3 is 2.64 bits per heavy atom. The molecule has 33 heavy (non-hydrogen) atoms. The zero-order valence-electron chi connectivity index (χ0n) is 18.4. The summed E-state index contributed by atoms with van der Waals surface area (Å²) in [6, 6.07) is 17.7. The lowest BCUT2D eigenvalue weighted by molar-refractivity contribution is 0.0696. The van der Waals surface area contributed by atoms with E-state index in [4.69, 9.17) is 4.74 Å². The second-order valence-electron chi connectivity index (χ2n) is 8.19. The van der Waals surface area contributed by atoms with Crippen LogP contribution in [0.1, 0.15) is 28.9 Å². The summed E-state index contributed by atoms with van der Waals surface area (Å²) in [5, 5.41) is 10.4. The molecule has 4 heterocycles. The van der Waals surface area contributed by atoms with Crippen molar-refractivity contribution >= 4 is 5.91 Å². The van der Waals surface area contributed by atoms with Crippen LogP contribution in [0.25, 0.3) is 33.8 Å². The molecular weight excluding hydrogens is 414 g/mol. The minimum absolute atomic E-state index is 0.0520. The van der Waals surface area contributed by atoms with E-state index in [9.17, 15) is 4.79 Å². The van der Waals surface area contributed by atoms with Gasteiger partial charge in [0.15, 0.2) is 0 Å². The van der Waals surface area contributed by atoms with Crippen LogP contribution in [0.4, 0.5) is 0 Å². The quantitative estimate of drug-likeness (QED) is 0.480. The van der Waals surface area contributed by atoms with E-state index in [-0.39, 0.29) is 11.9 Å². The average Bonchev–Trinajstić information content (AvgIpc) is 3.35. The monoisotopic (exact) mass is 439 g/mol. The number of aryl methyl sites for hydroxylation is 1. The van der Waals surface area contributed by atoms with Crippen LogP contribution in [0.2, 0.25) is 0 Å². The lowest BCUT2D eigenvalue weighted by Crippen LogP contribution is -2.38. The Balaban J connectivity index is 1.37. The van der Waals surface area contributed by atoms with Crippen LogP contribution >= 0.6 is 0 Å². The fourth-order valence-electron chi connectivity index (χ4n) is 4.04. The van der Waals surface area contributed by atoms with Gasteiger partial charge < -0.3 is 10.1 Å². The molecule has 1 aliphatic heterocycles. The van der Waals surface area contributed by atoms with Crippen LogP contribution in [0.5, 0.6) is 0 Å². The summed E-state index contributed by atoms with van der Waals surface area (Å²) >= 11 is 0. The maximum atomic E-state index is 12.6. The largest absolute Gasteiger partial charge is 0.381 e. The van der Waals surface area contributed by atoms with Crippen LogP contribution < -0.4 is 5.32 Å². The molecule has 4 aromatic rings. The Bertz CT molecular complexity index is 1260. The number of pyridine rings is 2. The molecular formula is C26H25N5O2. The van der Waals surface area contributed by atoms with Crippen molar-refractivity contribution in [2.24, 2.45) is 0 Å². The van der Waals surface area contributed by atoms with Crippen molar-refractivity contribution in [3.05, 3.63) is 78.2 Å². The summed E-state index contributed by atoms with van der Waals surface area (Å²) in [5.74, 6) is -0.0520. The van der Waals surface area contributed by atoms with Gasteiger partial charge in [-0.05, 0) is 61.7 Å². The van der Waals surface area contributed by atoms with Gasteiger partial charge in [0, 0.05) is 47.8 Å². The third-order valence-electron chi connectivity index (χ3n) is 5.85. The molecule has 0 saturated carbocycles. The molecule has 2 N–H and O–H groups in total. The van der Waals surface area contributed by atoms with Crippen LogP contribution in [0.15, 0.2) is 67.0 Å². The average molecular weight is 440 g/mol. The summed E-state index contributed by atoms with van der Waals surface area (Å²) in [6.45, 7) is 3.37. The molecule has 0 spiro atoms. The summed E-state index contributed by atoms with van der Waals surface area (Å²) in [6.07, 6.45) is 5.31. The molecule has 1 fully saturated rings. The van der Waals surface area contributed by atoms with Crippen molar-refractivity contribution in [3.63, 3.8) is 0 Å². The van der Waals surface area contributed by atoms with Crippen molar-refractivity contribution in [2.75, 3.05) is 13.2 Å². The van der Waals surface area contributed by atoms with E-state index >= 15 is 0 Å². The van der Waals surface area contributed by atoms with Gasteiger partial charge >= 0.3 is 0 Å². The van der Waals surface area contributed by atoms with Gasteiger partial charge in [-0.3, -0.25) is 19.9 Å². The van der Waals surface area contributed by atoms with E-state index in [2.05, 4.69) is 25.5 Å². The number of nitrogens with one attached hydrogen (secondary N) is 2. The van der Waals surface area contributed by atoms with E-state index in [1.165, 1.54) is 0 Å². The fourth-order valence-corrected chi connectivity index (χ4v) is 4.04. The number of aromatic amines is 1. The molecule has 0 unspecified atom stereocenters. The first-order chi connectivity index (χ1) is 16.2. The lowest BCUT2D eigenvalue weighted by Gasteiger charge is -2.23. The Labute approximate surface area is 192 Å². The van der Waals surface area contributed by atoms with E-state index in [0.29, 0.717) is 18.8 Å². The Morgan fingerprint density at radius 2 is 1.85 bits per heavy atom. The normalized spacial score (nSPS) is 14.2. The highest BCUT2D eigenvalue weighted by atomic mass is 16.5. The van der Waals surface area contributed by atoms with Crippen molar-refractivity contribution < 1.29 is 9.53 Å². The summed E-state index contributed by atoms with van der Waals surface area (Å²) in [4.78, 5) is 21.7. The number of amides is 1. The number of carbonyl (C=O) groups excluding carboxylic acids is 1. The Morgan fingerprint density at radius 1 is 1.03 bits per heavy atom. The van der Waals surface area contributed by atoms with Gasteiger partial charge in [0.1, 0.15) is 0 Å². The van der Waals surface area contributed by atoms with Gasteiger partial charge in [-0.1, -0.05) is 18.2 Å². The number of H-pyrrole nitrogens is 1. The predicted molar refractivity (Wildman–Crippen MR) is 127 cm³/mol. The number of ether oxygens (including phenoxy) is 1. The van der Waals surface area contributed by atoms with Crippen LogP contribution in [-0.4, -0.2) is 45.3 Å². The fraction of sp³-hybridized carbons (Fsp3) is 0.231. The molecule has 5 rings (SSSR count). The van der Waals surface area contributed by atoms with Crippen molar-refractivity contribution in [1.29, 1.82) is 0 Å². The van der Waals surface area contributed by atoms with Gasteiger partial charge in [0.25, 0.3) is 5.91 Å². The maximum Gasteiger partial charge on any atom is 0.251 e. The number of hydrogen-bond donors (Lipinski definition) is 2. The van der Waals surface area contributed by atoms with E-state index in [1.807, 2.05) is 67.7 Å². The number of rotatable bonds is 5. The molecule has 1 amide bonds. The van der Waals surface area contributed by atoms with E-state index in [1.54, 1.807) is 6.20 Å². The molecule has 0 atom stereocenters. The number of benzene rings is 1. The third kappa shape index (κ3) is 4.68. The molecule has 1 aliphatic rings. The molecule has 0 bridgehead atoms. The van der Waals surface area contributed by atoms with E-state index < -0.39 is 0 Å². The highest BCUT2D eigenvalue weighted by Gasteiger charge is 2.17. The molecule has 1 aromatic carbocycles. The second-order valence-corrected chi connectivity index (χ2v) is 8.19. The number of nitrogens with zero attached hydrogens (tertiary/aromatic N) is 3. The minimum atomic E-state index is -0.0520. The number of aromatic nitrogens is 4. The highest BCUT2D eigenvalue weighted by Crippen LogP contribution is 2.31. The van der Waals surface area contributed by atoms with Gasteiger partial charge in [-0.25, -0.2) is 0 Å². The molecule has 7 nitrogen and oxygen atoms in total. The Hall–Kier alpha value is -3.84. The minimum Gasteiger partial charge on any atom is -0.381 e. The smallest absolute Gasteiger partial charge is 0.251 e. The molecule has 0 radical (unpaired) electrons. The van der Waals surface area contributed by atoms with Gasteiger partial charge in [-0.15, -0.1) is 0 Å². The second kappa shape index (κ2) is 9.34. The molecule has 3 aromatic heterocycles. The molecule has 7 heteroatoms. The zero-order chi connectivity index (χ0) is 22.6. The first-order valence-electron chi connectivity index (χ1n) is 11.1. The van der Waals surface area contributed by atoms with Crippen molar-refractivity contribution in [3.8, 4) is 33.8 Å². The Kier molecular flexibility index (Phi) is 5.95. The lowest BCUT2D eigenvalue weighted by atomic mass is 10.0. The van der Waals surface area contributed by atoms with Crippen molar-refractivity contribution in [2.45, 2.75) is 25.8 Å². The van der Waals surface area contributed by atoms with Gasteiger partial charge in [-0.2, -0.15) is 5.10 Å². The summed E-state index contributed by atoms with van der Waals surface area (Å²) < 4.78 is 5.36. The first-order valence-corrected chi connectivity index (χ1v) is 11.1. The van der Waals surface area contributed by atoms with Crippen molar-refractivity contribution in [1.82, 2.24) is 25.5 Å². The predicted octanol–water partition coefficient (Wildman–Crippen LogP) is 4.42. The van der Waals surface area contributed by atoms with Crippen LogP contribution in [0, 0.1) is 6.92 Å². The van der Waals surface area contributed by atoms with Crippen LogP contribution in [0.3, 0.4) is 0 Å². The SMILES string of the molecule is Cc1cccc(-c2[nH]ncc2-c2ccnc(-c3ccc(C(=O)NC4CCOCC4)cc3)c2)n1. The van der Waals surface area contributed by atoms with Gasteiger partial charge in [0.2, 0.25) is 0 Å². The first kappa shape index (κ1) is 21.0. The molecule has 0 aliphatic carbocycles. The zero-order valence-corrected chi connectivity index (χ0v) is 18.4. The number of carbonyl (C=O) groups is 1. The summed E-state index contributed by atoms with van der Waals surface area (Å²) in [7, 11) is 0. The maximum absolute atomic E-state index is 12.6. The topological polar surface area (TPSA) is 92.8 Å². The molecule has 166 valence electrons. The summed E-state index contributed by atoms with van der Waals surface area (Å²) in [5.41, 5.74) is 7.04. The third-order valence-corrected chi connectivity index (χ3v) is 5.85. The highest BCUT2D eigenvalue weighted by molar-refractivity contribution is 5.95. The van der Waals surface area contributed by atoms with Crippen LogP contribution in [-0.2, 0) is 4.74 Å².